The smallest absolute Gasteiger partial charge is 0.313 e. The second-order valence-corrected chi connectivity index (χ2v) is 3.09. The van der Waals surface area contributed by atoms with Crippen LogP contribution in [0.2, 0.25) is 0 Å². The summed E-state index contributed by atoms with van der Waals surface area (Å²) in [5.74, 6) is -0.0173. The Morgan fingerprint density at radius 3 is 3.00 bits per heavy atom. The van der Waals surface area contributed by atoms with Crippen molar-refractivity contribution in [2.24, 2.45) is 0 Å². The second-order valence-electron chi connectivity index (χ2n) is 3.09. The quantitative estimate of drug-likeness (QED) is 0.508. The van der Waals surface area contributed by atoms with E-state index >= 15 is 0 Å². The van der Waals surface area contributed by atoms with Crippen LogP contribution < -0.4 is 0 Å². The Morgan fingerprint density at radius 1 is 1.67 bits per heavy atom. The molecule has 0 saturated carbocycles. The molecule has 0 atom stereocenters. The number of carbonyl (C=O) groups is 2. The van der Waals surface area contributed by atoms with Crippen LogP contribution in [0.25, 0.3) is 0 Å². The highest BCUT2D eigenvalue weighted by Crippen LogP contribution is 2.22. The number of allylic oxidation sites excluding steroid dienone is 1. The largest absolute Gasteiger partial charge is 0.489 e. The standard InChI is InChI=1S/C11H14O4/c1-3-5-8-9(12)7-15-10(8)6-11(13)14-4-2/h3H,1,4-7H2,2H3. The van der Waals surface area contributed by atoms with Gasteiger partial charge in [0.05, 0.1) is 6.61 Å². The van der Waals surface area contributed by atoms with Gasteiger partial charge in [-0.25, -0.2) is 0 Å². The topological polar surface area (TPSA) is 52.6 Å². The van der Waals surface area contributed by atoms with Crippen LogP contribution in [0.15, 0.2) is 24.0 Å². The highest BCUT2D eigenvalue weighted by molar-refractivity contribution is 5.99. The molecule has 0 unspecified atom stereocenters. The first-order valence-corrected chi connectivity index (χ1v) is 4.83. The van der Waals surface area contributed by atoms with Gasteiger partial charge in [-0.1, -0.05) is 6.08 Å². The zero-order valence-corrected chi connectivity index (χ0v) is 8.75. The third-order valence-corrected chi connectivity index (χ3v) is 2.01. The molecule has 0 aromatic carbocycles. The zero-order chi connectivity index (χ0) is 11.3. The lowest BCUT2D eigenvalue weighted by molar-refractivity contribution is -0.143. The van der Waals surface area contributed by atoms with Crippen molar-refractivity contribution in [1.29, 1.82) is 0 Å². The Hall–Kier alpha value is -1.58. The minimum atomic E-state index is -0.372. The first kappa shape index (κ1) is 11.5. The van der Waals surface area contributed by atoms with Crippen LogP contribution in [-0.2, 0) is 19.1 Å². The van der Waals surface area contributed by atoms with Gasteiger partial charge in [0.2, 0.25) is 0 Å². The van der Waals surface area contributed by atoms with E-state index in [1.54, 1.807) is 13.0 Å². The maximum atomic E-state index is 11.3. The van der Waals surface area contributed by atoms with Crippen LogP contribution in [0.5, 0.6) is 0 Å². The van der Waals surface area contributed by atoms with Crippen LogP contribution in [0, 0.1) is 0 Å². The van der Waals surface area contributed by atoms with Gasteiger partial charge >= 0.3 is 5.97 Å². The Labute approximate surface area is 88.6 Å². The summed E-state index contributed by atoms with van der Waals surface area (Å²) in [5, 5.41) is 0. The molecule has 0 N–H and O–H groups in total. The molecule has 15 heavy (non-hydrogen) atoms. The molecule has 1 aliphatic rings. The molecule has 0 amide bonds. The van der Waals surface area contributed by atoms with Crippen LogP contribution in [0.4, 0.5) is 0 Å². The van der Waals surface area contributed by atoms with Crippen molar-refractivity contribution in [3.8, 4) is 0 Å². The third-order valence-electron chi connectivity index (χ3n) is 2.01. The van der Waals surface area contributed by atoms with Crippen LogP contribution >= 0.6 is 0 Å². The minimum Gasteiger partial charge on any atom is -0.489 e. The van der Waals surface area contributed by atoms with Gasteiger partial charge in [0, 0.05) is 5.57 Å². The van der Waals surface area contributed by atoms with Crippen LogP contribution in [-0.4, -0.2) is 25.0 Å². The molecule has 1 aliphatic heterocycles. The average molecular weight is 210 g/mol. The first-order valence-electron chi connectivity index (χ1n) is 4.83. The number of ketones is 1. The second kappa shape index (κ2) is 5.34. The molecule has 1 rings (SSSR count). The third kappa shape index (κ3) is 2.94. The highest BCUT2D eigenvalue weighted by Gasteiger charge is 2.25. The molecule has 4 nitrogen and oxygen atoms in total. The fourth-order valence-corrected chi connectivity index (χ4v) is 1.36. The molecule has 0 fully saturated rings. The minimum absolute atomic E-state index is 0.0257. The Kier molecular flexibility index (Phi) is 4.09. The summed E-state index contributed by atoms with van der Waals surface area (Å²) in [6, 6.07) is 0. The molecule has 0 spiro atoms. The average Bonchev–Trinajstić information content (AvgIpc) is 2.51. The van der Waals surface area contributed by atoms with Crippen molar-refractivity contribution >= 4 is 11.8 Å². The predicted molar refractivity (Wildman–Crippen MR) is 54.0 cm³/mol. The lowest BCUT2D eigenvalue weighted by atomic mass is 10.1. The van der Waals surface area contributed by atoms with Crippen LogP contribution in [0.3, 0.4) is 0 Å². The lowest BCUT2D eigenvalue weighted by Crippen LogP contribution is -2.06. The molecule has 4 heteroatoms. The van der Waals surface area contributed by atoms with E-state index in [0.717, 1.165) is 0 Å². The molecule has 0 saturated heterocycles. The van der Waals surface area contributed by atoms with Gasteiger partial charge < -0.3 is 9.47 Å². The molecule has 82 valence electrons. The molecule has 0 radical (unpaired) electrons. The van der Waals surface area contributed by atoms with E-state index in [4.69, 9.17) is 9.47 Å². The Balaban J connectivity index is 2.68. The molecule has 0 aliphatic carbocycles. The first-order chi connectivity index (χ1) is 7.19. The summed E-state index contributed by atoms with van der Waals surface area (Å²) in [4.78, 5) is 22.5. The highest BCUT2D eigenvalue weighted by atomic mass is 16.5. The van der Waals surface area contributed by atoms with Crippen molar-refractivity contribution in [3.63, 3.8) is 0 Å². The number of hydrogen-bond donors (Lipinski definition) is 0. The summed E-state index contributed by atoms with van der Waals surface area (Å²) in [6.07, 6.45) is 2.09. The van der Waals surface area contributed by atoms with E-state index in [-0.39, 0.29) is 24.8 Å². The fourth-order valence-electron chi connectivity index (χ4n) is 1.36. The molecular weight excluding hydrogens is 196 g/mol. The van der Waals surface area contributed by atoms with Gasteiger partial charge in [0.25, 0.3) is 0 Å². The van der Waals surface area contributed by atoms with E-state index in [2.05, 4.69) is 6.58 Å². The van der Waals surface area contributed by atoms with E-state index in [1.165, 1.54) is 0 Å². The van der Waals surface area contributed by atoms with Gasteiger partial charge in [0.15, 0.2) is 12.4 Å². The fraction of sp³-hybridized carbons (Fsp3) is 0.455. The summed E-state index contributed by atoms with van der Waals surface area (Å²) < 4.78 is 9.90. The monoisotopic (exact) mass is 210 g/mol. The van der Waals surface area contributed by atoms with Gasteiger partial charge in [-0.15, -0.1) is 6.58 Å². The molecule has 1 heterocycles. The van der Waals surface area contributed by atoms with E-state index in [0.29, 0.717) is 24.4 Å². The molecule has 0 bridgehead atoms. The van der Waals surface area contributed by atoms with Gasteiger partial charge in [0.1, 0.15) is 12.2 Å². The normalized spacial score (nSPS) is 15.1. The Morgan fingerprint density at radius 2 is 2.40 bits per heavy atom. The number of carbonyl (C=O) groups excluding carboxylic acids is 2. The predicted octanol–water partition coefficient (Wildman–Crippen LogP) is 1.37. The number of esters is 1. The number of ether oxygens (including phenoxy) is 2. The lowest BCUT2D eigenvalue weighted by Gasteiger charge is -2.04. The zero-order valence-electron chi connectivity index (χ0n) is 8.75. The summed E-state index contributed by atoms with van der Waals surface area (Å²) >= 11 is 0. The van der Waals surface area contributed by atoms with E-state index in [1.807, 2.05) is 0 Å². The summed E-state index contributed by atoms with van der Waals surface area (Å²) in [6.45, 7) is 5.64. The summed E-state index contributed by atoms with van der Waals surface area (Å²) in [7, 11) is 0. The molecule has 0 aromatic rings. The molecule has 0 aromatic heterocycles. The van der Waals surface area contributed by atoms with Gasteiger partial charge in [-0.05, 0) is 13.3 Å². The Bertz CT molecular complexity index is 315. The van der Waals surface area contributed by atoms with Crippen molar-refractivity contribution in [2.75, 3.05) is 13.2 Å². The van der Waals surface area contributed by atoms with E-state index in [9.17, 15) is 9.59 Å². The van der Waals surface area contributed by atoms with Crippen LogP contribution in [0.1, 0.15) is 19.8 Å². The van der Waals surface area contributed by atoms with E-state index < -0.39 is 0 Å². The number of rotatable bonds is 5. The summed E-state index contributed by atoms with van der Waals surface area (Å²) in [5.41, 5.74) is 0.540. The van der Waals surface area contributed by atoms with Crippen molar-refractivity contribution in [2.45, 2.75) is 19.8 Å². The van der Waals surface area contributed by atoms with Gasteiger partial charge in [-0.2, -0.15) is 0 Å². The number of hydrogen-bond acceptors (Lipinski definition) is 4. The maximum absolute atomic E-state index is 11.3. The van der Waals surface area contributed by atoms with Crippen molar-refractivity contribution in [3.05, 3.63) is 24.0 Å². The number of Topliss-reactive ketones (excluding diaryl/α,β-unsaturated/α-hetero) is 1. The molecular formula is C11H14O4. The van der Waals surface area contributed by atoms with Gasteiger partial charge in [-0.3, -0.25) is 9.59 Å². The van der Waals surface area contributed by atoms with Crippen molar-refractivity contribution in [1.82, 2.24) is 0 Å². The van der Waals surface area contributed by atoms with Crippen molar-refractivity contribution < 1.29 is 19.1 Å². The maximum Gasteiger partial charge on any atom is 0.313 e. The SMILES string of the molecule is C=CCC1=C(CC(=O)OCC)OCC1=O.